The Kier molecular flexibility index (Phi) is 8.96. The van der Waals surface area contributed by atoms with Gasteiger partial charge in [0.05, 0.1) is 5.69 Å². The molecule has 2 aliphatic heterocycles. The van der Waals surface area contributed by atoms with E-state index in [2.05, 4.69) is 50.8 Å². The molecule has 0 aliphatic carbocycles. The lowest BCUT2D eigenvalue weighted by molar-refractivity contribution is -0.122. The van der Waals surface area contributed by atoms with Gasteiger partial charge in [-0.3, -0.25) is 9.59 Å². The van der Waals surface area contributed by atoms with Crippen molar-refractivity contribution in [1.29, 1.82) is 0 Å². The van der Waals surface area contributed by atoms with Crippen molar-refractivity contribution in [3.63, 3.8) is 0 Å². The number of likely N-dealkylation sites (tertiary alicyclic amines) is 1. The molecule has 0 atom stereocenters. The molecule has 2 aromatic carbocycles. The number of pyridine rings is 1. The second-order valence-corrected chi connectivity index (χ2v) is 12.8. The largest absolute Gasteiger partial charge is 0.368 e. The number of carbonyl (C=O) groups is 2. The van der Waals surface area contributed by atoms with Gasteiger partial charge in [0.2, 0.25) is 11.9 Å². The topological polar surface area (TPSA) is 98.1 Å². The molecule has 6 rings (SSSR count). The molecule has 2 fully saturated rings. The van der Waals surface area contributed by atoms with E-state index in [1.807, 2.05) is 60.6 Å². The lowest BCUT2D eigenvalue weighted by Gasteiger charge is -2.43. The molecule has 10 nitrogen and oxygen atoms in total. The van der Waals surface area contributed by atoms with Crippen LogP contribution in [-0.4, -0.2) is 89.6 Å². The van der Waals surface area contributed by atoms with E-state index < -0.39 is 0 Å². The van der Waals surface area contributed by atoms with Crippen LogP contribution in [0.2, 0.25) is 5.02 Å². The quantitative estimate of drug-likeness (QED) is 0.284. The van der Waals surface area contributed by atoms with E-state index in [0.29, 0.717) is 23.0 Å². The van der Waals surface area contributed by atoms with Crippen LogP contribution in [0.1, 0.15) is 48.0 Å². The average molecular weight is 629 g/mol. The van der Waals surface area contributed by atoms with Crippen molar-refractivity contribution < 1.29 is 9.59 Å². The summed E-state index contributed by atoms with van der Waals surface area (Å²) in [7, 11) is 5.72. The zero-order valence-electron chi connectivity index (χ0n) is 26.2. The van der Waals surface area contributed by atoms with Crippen molar-refractivity contribution in [2.24, 2.45) is 0 Å². The summed E-state index contributed by atoms with van der Waals surface area (Å²) in [4.78, 5) is 37.1. The number of amides is 2. The molecule has 0 saturated carbocycles. The SMILES string of the molecule is CNC(=O)CC1(c2ccc(Cl)cc2)CCN(c2cccn3nc(Nc4ccc(C(=O)N(C)C5CCN(C)CC5)cc4)nc23)CC1. The minimum absolute atomic E-state index is 0.0374. The summed E-state index contributed by atoms with van der Waals surface area (Å²) in [6, 6.07) is 19.7. The first-order valence-electron chi connectivity index (χ1n) is 15.6. The molecule has 4 aromatic rings. The zero-order valence-corrected chi connectivity index (χ0v) is 26.9. The lowest BCUT2D eigenvalue weighted by atomic mass is 9.70. The van der Waals surface area contributed by atoms with Gasteiger partial charge >= 0.3 is 0 Å². The van der Waals surface area contributed by atoms with Crippen molar-refractivity contribution in [3.05, 3.63) is 83.0 Å². The van der Waals surface area contributed by atoms with Crippen molar-refractivity contribution in [1.82, 2.24) is 29.7 Å². The van der Waals surface area contributed by atoms with Gasteiger partial charge in [0.25, 0.3) is 5.91 Å². The van der Waals surface area contributed by atoms with Gasteiger partial charge < -0.3 is 25.3 Å². The van der Waals surface area contributed by atoms with E-state index in [4.69, 9.17) is 16.6 Å². The van der Waals surface area contributed by atoms with E-state index in [9.17, 15) is 9.59 Å². The molecular weight excluding hydrogens is 588 g/mol. The molecule has 0 unspecified atom stereocenters. The number of carbonyl (C=O) groups excluding carboxylic acids is 2. The maximum atomic E-state index is 13.1. The van der Waals surface area contributed by atoms with Crippen LogP contribution in [0, 0.1) is 0 Å². The monoisotopic (exact) mass is 628 g/mol. The summed E-state index contributed by atoms with van der Waals surface area (Å²) < 4.78 is 1.79. The summed E-state index contributed by atoms with van der Waals surface area (Å²) >= 11 is 6.18. The number of fused-ring (bicyclic) bond motifs is 1. The fourth-order valence-electron chi connectivity index (χ4n) is 6.71. The van der Waals surface area contributed by atoms with Gasteiger partial charge in [0, 0.05) is 67.5 Å². The Morgan fingerprint density at radius 3 is 2.36 bits per heavy atom. The highest BCUT2D eigenvalue weighted by Crippen LogP contribution is 2.41. The van der Waals surface area contributed by atoms with Gasteiger partial charge in [0.1, 0.15) is 0 Å². The predicted molar refractivity (Wildman–Crippen MR) is 179 cm³/mol. The van der Waals surface area contributed by atoms with Gasteiger partial charge in [-0.25, -0.2) is 4.52 Å². The van der Waals surface area contributed by atoms with Crippen LogP contribution in [0.3, 0.4) is 0 Å². The second-order valence-electron chi connectivity index (χ2n) is 12.4. The minimum Gasteiger partial charge on any atom is -0.368 e. The number of aromatic nitrogens is 3. The van der Waals surface area contributed by atoms with Crippen molar-refractivity contribution in [2.75, 3.05) is 57.5 Å². The highest BCUT2D eigenvalue weighted by Gasteiger charge is 2.38. The normalized spacial score (nSPS) is 17.3. The van der Waals surface area contributed by atoms with Crippen LogP contribution < -0.4 is 15.5 Å². The fourth-order valence-corrected chi connectivity index (χ4v) is 6.84. The molecule has 2 N–H and O–H groups in total. The summed E-state index contributed by atoms with van der Waals surface area (Å²) in [6.07, 6.45) is 5.96. The maximum Gasteiger partial charge on any atom is 0.253 e. The zero-order chi connectivity index (χ0) is 31.6. The molecule has 2 saturated heterocycles. The summed E-state index contributed by atoms with van der Waals surface area (Å²) in [5.74, 6) is 0.566. The smallest absolute Gasteiger partial charge is 0.253 e. The lowest BCUT2D eigenvalue weighted by Crippen LogP contribution is -2.45. The van der Waals surface area contributed by atoms with Crippen LogP contribution >= 0.6 is 11.6 Å². The van der Waals surface area contributed by atoms with E-state index >= 15 is 0 Å². The number of halogens is 1. The molecular formula is C34H41ClN8O2. The van der Waals surface area contributed by atoms with E-state index in [-0.39, 0.29) is 23.3 Å². The molecule has 0 radical (unpaired) electrons. The Morgan fingerprint density at radius 1 is 1.00 bits per heavy atom. The number of piperidine rings is 2. The summed E-state index contributed by atoms with van der Waals surface area (Å²) in [5, 5.41) is 11.5. The number of nitrogens with zero attached hydrogens (tertiary/aromatic N) is 6. The number of rotatable bonds is 8. The van der Waals surface area contributed by atoms with Gasteiger partial charge in [-0.2, -0.15) is 4.98 Å². The summed E-state index contributed by atoms with van der Waals surface area (Å²) in [5.41, 5.74) is 4.12. The Labute approximate surface area is 269 Å². The van der Waals surface area contributed by atoms with Gasteiger partial charge in [-0.05, 0) is 99.9 Å². The van der Waals surface area contributed by atoms with Crippen molar-refractivity contribution in [3.8, 4) is 0 Å². The van der Waals surface area contributed by atoms with Crippen LogP contribution in [0.5, 0.6) is 0 Å². The molecule has 236 valence electrons. The Balaban J connectivity index is 1.14. The molecule has 2 aromatic heterocycles. The second kappa shape index (κ2) is 13.1. The molecule has 0 spiro atoms. The number of benzene rings is 2. The molecule has 2 aliphatic rings. The molecule has 11 heteroatoms. The Morgan fingerprint density at radius 2 is 1.69 bits per heavy atom. The van der Waals surface area contributed by atoms with E-state index in [0.717, 1.165) is 74.4 Å². The van der Waals surface area contributed by atoms with Gasteiger partial charge in [0.15, 0.2) is 5.65 Å². The van der Waals surface area contributed by atoms with Crippen molar-refractivity contribution in [2.45, 2.75) is 43.6 Å². The fraction of sp³-hybridized carbons (Fsp3) is 0.412. The molecule has 4 heterocycles. The number of nitrogens with one attached hydrogen (secondary N) is 2. The molecule has 0 bridgehead atoms. The Hall–Kier alpha value is -4.15. The summed E-state index contributed by atoms with van der Waals surface area (Å²) in [6.45, 7) is 3.57. The highest BCUT2D eigenvalue weighted by molar-refractivity contribution is 6.30. The molecule has 45 heavy (non-hydrogen) atoms. The van der Waals surface area contributed by atoms with Crippen LogP contribution in [0.25, 0.3) is 5.65 Å². The first-order chi connectivity index (χ1) is 21.7. The maximum absolute atomic E-state index is 13.1. The average Bonchev–Trinajstić information content (AvgIpc) is 3.48. The van der Waals surface area contributed by atoms with Crippen LogP contribution in [-0.2, 0) is 10.2 Å². The van der Waals surface area contributed by atoms with Crippen LogP contribution in [0.4, 0.5) is 17.3 Å². The van der Waals surface area contributed by atoms with E-state index in [1.165, 1.54) is 0 Å². The Bertz CT molecular complexity index is 1640. The van der Waals surface area contributed by atoms with Crippen LogP contribution in [0.15, 0.2) is 66.9 Å². The molecule has 2 amide bonds. The predicted octanol–water partition coefficient (Wildman–Crippen LogP) is 4.97. The van der Waals surface area contributed by atoms with Crippen molar-refractivity contribution >= 4 is 46.4 Å². The van der Waals surface area contributed by atoms with Gasteiger partial charge in [-0.15, -0.1) is 5.10 Å². The third kappa shape index (κ3) is 6.62. The number of anilines is 3. The van der Waals surface area contributed by atoms with E-state index in [1.54, 1.807) is 11.6 Å². The minimum atomic E-state index is -0.262. The third-order valence-electron chi connectivity index (χ3n) is 9.58. The first-order valence-corrected chi connectivity index (χ1v) is 16.0. The first kappa shape index (κ1) is 30.9. The number of hydrogen-bond acceptors (Lipinski definition) is 7. The standard InChI is InChI=1S/C34H41ClN8O2/c1-36-30(44)23-34(25-8-10-26(35)11-9-25)16-21-42(22-17-34)29-5-4-18-43-31(29)38-33(39-43)37-27-12-6-24(7-13-27)32(45)41(3)28-14-19-40(2)20-15-28/h4-13,18,28H,14-17,19-23H2,1-3H3,(H,36,44)(H,37,39). The third-order valence-corrected chi connectivity index (χ3v) is 9.83. The van der Waals surface area contributed by atoms with Gasteiger partial charge in [-0.1, -0.05) is 23.7 Å². The number of hydrogen-bond donors (Lipinski definition) is 2. The highest BCUT2D eigenvalue weighted by atomic mass is 35.5.